The Morgan fingerprint density at radius 1 is 1.13 bits per heavy atom. The maximum Gasteiger partial charge on any atom is 0.573 e. The molecule has 0 saturated carbocycles. The van der Waals surface area contributed by atoms with Crippen LogP contribution in [0.15, 0.2) is 67.0 Å². The number of nitrogens with one attached hydrogen (secondary N) is 2. The summed E-state index contributed by atoms with van der Waals surface area (Å²) in [4.78, 5) is 31.5. The molecule has 5 rings (SSSR count). The van der Waals surface area contributed by atoms with Crippen LogP contribution in [0.3, 0.4) is 0 Å². The highest BCUT2D eigenvalue weighted by Gasteiger charge is 2.35. The Morgan fingerprint density at radius 3 is 2.62 bits per heavy atom. The Kier molecular flexibility index (Phi) is 9.73. The van der Waals surface area contributed by atoms with Gasteiger partial charge in [-0.05, 0) is 73.0 Å². The summed E-state index contributed by atoms with van der Waals surface area (Å²) in [5.74, 6) is 0.438. The predicted molar refractivity (Wildman–Crippen MR) is 165 cm³/mol. The van der Waals surface area contributed by atoms with E-state index in [1.807, 2.05) is 25.1 Å². The highest BCUT2D eigenvalue weighted by molar-refractivity contribution is 8.01. The first kappa shape index (κ1) is 32.0. The number of halogens is 4. The highest BCUT2D eigenvalue weighted by atomic mass is 35.5. The number of amides is 3. The van der Waals surface area contributed by atoms with E-state index in [0.29, 0.717) is 22.9 Å². The van der Waals surface area contributed by atoms with Gasteiger partial charge in [0.15, 0.2) is 11.3 Å². The van der Waals surface area contributed by atoms with Gasteiger partial charge in [0.2, 0.25) is 5.91 Å². The van der Waals surface area contributed by atoms with Crippen LogP contribution in [-0.2, 0) is 17.8 Å². The van der Waals surface area contributed by atoms with Gasteiger partial charge in [0.05, 0.1) is 22.2 Å². The van der Waals surface area contributed by atoms with E-state index in [2.05, 4.69) is 32.4 Å². The van der Waals surface area contributed by atoms with Gasteiger partial charge in [0, 0.05) is 5.69 Å². The first-order valence-corrected chi connectivity index (χ1v) is 15.2. The minimum absolute atomic E-state index is 0.0446. The van der Waals surface area contributed by atoms with E-state index in [1.54, 1.807) is 17.0 Å². The number of aryl methyl sites for hydroxylation is 2. The monoisotopic (exact) mass is 660 g/mol. The fourth-order valence-corrected chi connectivity index (χ4v) is 5.82. The maximum atomic E-state index is 12.9. The number of hydrogen-bond donors (Lipinski definition) is 2. The van der Waals surface area contributed by atoms with E-state index in [0.717, 1.165) is 29.7 Å². The molecule has 3 amide bonds. The minimum atomic E-state index is -4.78. The van der Waals surface area contributed by atoms with Crippen molar-refractivity contribution in [2.75, 3.05) is 16.0 Å². The van der Waals surface area contributed by atoms with E-state index in [1.165, 1.54) is 53.1 Å². The average Bonchev–Trinajstić information content (AvgIpc) is 3.59. The van der Waals surface area contributed by atoms with Crippen molar-refractivity contribution in [1.29, 1.82) is 0 Å². The number of hydrogen-bond acceptors (Lipinski definition) is 7. The molecule has 2 heterocycles. The zero-order valence-corrected chi connectivity index (χ0v) is 25.7. The quantitative estimate of drug-likeness (QED) is 0.192. The predicted octanol–water partition coefficient (Wildman–Crippen LogP) is 6.84. The summed E-state index contributed by atoms with van der Waals surface area (Å²) in [7, 11) is 0. The molecule has 1 aliphatic heterocycles. The van der Waals surface area contributed by atoms with Gasteiger partial charge in [-0.15, -0.1) is 30.0 Å². The Labute approximate surface area is 265 Å². The molecule has 0 bridgehead atoms. The fraction of sp³-hybridized carbons (Fsp3) is 0.267. The molecule has 1 aliphatic rings. The molecule has 1 fully saturated rings. The molecule has 15 heteroatoms. The second-order valence-electron chi connectivity index (χ2n) is 9.99. The van der Waals surface area contributed by atoms with E-state index in [4.69, 9.17) is 16.3 Å². The van der Waals surface area contributed by atoms with Gasteiger partial charge in [0.25, 0.3) is 0 Å². The van der Waals surface area contributed by atoms with E-state index >= 15 is 0 Å². The average molecular weight is 661 g/mol. The van der Waals surface area contributed by atoms with Gasteiger partial charge in [-0.25, -0.2) is 14.5 Å². The second kappa shape index (κ2) is 13.7. The van der Waals surface area contributed by atoms with Crippen LogP contribution in [0.2, 0.25) is 5.02 Å². The smallest absolute Gasteiger partial charge is 0.484 e. The van der Waals surface area contributed by atoms with Crippen LogP contribution < -0.4 is 25.0 Å². The van der Waals surface area contributed by atoms with Crippen LogP contribution in [0.25, 0.3) is 5.69 Å². The number of rotatable bonds is 10. The number of benzene rings is 3. The molecule has 1 unspecified atom stereocenters. The standard InChI is InChI=1S/C30H28ClF3N6O4S/c1-3-4-19-6-5-18(2)13-24(19)40-27(41)16-45-29(40)37-28(42)36-20-7-12-25(23(31)14-20)43-15-26-35-17-39(38-26)21-8-10-22(11-9-21)44-30(32,33)34/h5-14,17,29H,3-4,15-16H2,1-2H3,(H2,36,37,42). The van der Waals surface area contributed by atoms with E-state index in [-0.39, 0.29) is 29.0 Å². The lowest BCUT2D eigenvalue weighted by molar-refractivity contribution is -0.274. The van der Waals surface area contributed by atoms with Crippen molar-refractivity contribution in [3.05, 3.63) is 89.0 Å². The SMILES string of the molecule is CCCc1ccc(C)cc1N1C(=O)CSC1NC(=O)Nc1ccc(OCc2ncn(-c3ccc(OC(F)(F)F)cc3)n2)c(Cl)c1. The highest BCUT2D eigenvalue weighted by Crippen LogP contribution is 2.34. The first-order valence-electron chi connectivity index (χ1n) is 13.8. The summed E-state index contributed by atoms with van der Waals surface area (Å²) in [5.41, 5.74) is 3.17. The lowest BCUT2D eigenvalue weighted by Crippen LogP contribution is -2.46. The van der Waals surface area contributed by atoms with Crippen LogP contribution in [0, 0.1) is 6.92 Å². The number of aromatic nitrogens is 3. The van der Waals surface area contributed by atoms with Gasteiger partial charge >= 0.3 is 12.4 Å². The fourth-order valence-electron chi connectivity index (χ4n) is 4.58. The zero-order chi connectivity index (χ0) is 32.1. The van der Waals surface area contributed by atoms with Gasteiger partial charge in [-0.2, -0.15) is 0 Å². The van der Waals surface area contributed by atoms with E-state index < -0.39 is 17.9 Å². The Balaban J connectivity index is 1.17. The van der Waals surface area contributed by atoms with Crippen molar-refractivity contribution in [3.63, 3.8) is 0 Å². The largest absolute Gasteiger partial charge is 0.573 e. The summed E-state index contributed by atoms with van der Waals surface area (Å²) in [5, 5.41) is 10.1. The van der Waals surface area contributed by atoms with Gasteiger partial charge in [0.1, 0.15) is 24.4 Å². The number of thioether (sulfide) groups is 1. The van der Waals surface area contributed by atoms with Crippen molar-refractivity contribution in [2.45, 2.75) is 45.2 Å². The summed E-state index contributed by atoms with van der Waals surface area (Å²) in [6.45, 7) is 3.99. The number of alkyl halides is 3. The van der Waals surface area contributed by atoms with Gasteiger partial charge in [-0.3, -0.25) is 9.69 Å². The van der Waals surface area contributed by atoms with Crippen LogP contribution in [-0.4, -0.2) is 44.3 Å². The van der Waals surface area contributed by atoms with Crippen molar-refractivity contribution in [2.24, 2.45) is 0 Å². The minimum Gasteiger partial charge on any atom is -0.484 e. The van der Waals surface area contributed by atoms with Crippen molar-refractivity contribution in [1.82, 2.24) is 20.1 Å². The summed E-state index contributed by atoms with van der Waals surface area (Å²) in [6.07, 6.45) is -1.65. The maximum absolute atomic E-state index is 12.9. The molecule has 0 aliphatic carbocycles. The number of urea groups is 1. The molecule has 1 saturated heterocycles. The number of carbonyl (C=O) groups is 2. The Morgan fingerprint density at radius 2 is 1.91 bits per heavy atom. The third-order valence-corrected chi connectivity index (χ3v) is 7.92. The molecule has 3 aromatic carbocycles. The molecule has 0 spiro atoms. The second-order valence-corrected chi connectivity index (χ2v) is 11.5. The summed E-state index contributed by atoms with van der Waals surface area (Å²) < 4.78 is 48.2. The lowest BCUT2D eigenvalue weighted by Gasteiger charge is -2.27. The molecule has 2 N–H and O–H groups in total. The molecular weight excluding hydrogens is 633 g/mol. The summed E-state index contributed by atoms with van der Waals surface area (Å²) >= 11 is 7.74. The molecular formula is C30H28ClF3N6O4S. The van der Waals surface area contributed by atoms with Crippen LogP contribution in [0.4, 0.5) is 29.3 Å². The van der Waals surface area contributed by atoms with Crippen molar-refractivity contribution >= 4 is 46.7 Å². The Hall–Kier alpha value is -4.43. The first-order chi connectivity index (χ1) is 21.5. The van der Waals surface area contributed by atoms with E-state index in [9.17, 15) is 22.8 Å². The normalized spacial score (nSPS) is 14.8. The topological polar surface area (TPSA) is 111 Å². The third kappa shape index (κ3) is 8.19. The molecule has 0 radical (unpaired) electrons. The zero-order valence-electron chi connectivity index (χ0n) is 24.1. The third-order valence-electron chi connectivity index (χ3n) is 6.56. The number of ether oxygens (including phenoxy) is 2. The molecule has 236 valence electrons. The van der Waals surface area contributed by atoms with Crippen molar-refractivity contribution < 1.29 is 32.2 Å². The number of nitrogens with zero attached hydrogens (tertiary/aromatic N) is 4. The van der Waals surface area contributed by atoms with Crippen LogP contribution in [0.5, 0.6) is 11.5 Å². The number of carbonyl (C=O) groups excluding carboxylic acids is 2. The molecule has 10 nitrogen and oxygen atoms in total. The molecule has 4 aromatic rings. The van der Waals surface area contributed by atoms with Gasteiger partial charge < -0.3 is 20.1 Å². The van der Waals surface area contributed by atoms with Crippen LogP contribution >= 0.6 is 23.4 Å². The molecule has 1 atom stereocenters. The lowest BCUT2D eigenvalue weighted by atomic mass is 10.0. The van der Waals surface area contributed by atoms with Gasteiger partial charge in [-0.1, -0.05) is 37.1 Å². The van der Waals surface area contributed by atoms with Crippen LogP contribution in [0.1, 0.15) is 30.3 Å². The number of anilines is 2. The Bertz CT molecular complexity index is 1690. The molecule has 45 heavy (non-hydrogen) atoms. The molecule has 1 aromatic heterocycles. The van der Waals surface area contributed by atoms with Crippen molar-refractivity contribution in [3.8, 4) is 17.2 Å². The summed E-state index contributed by atoms with van der Waals surface area (Å²) in [6, 6.07) is 15.4.